The van der Waals surface area contributed by atoms with Gasteiger partial charge in [-0.1, -0.05) is 41.4 Å². The number of carboxylic acid groups (broad SMARTS) is 1. The van der Waals surface area contributed by atoms with Crippen LogP contribution in [0.3, 0.4) is 0 Å². The number of aliphatic carboxylic acids is 1. The second-order valence-corrected chi connectivity index (χ2v) is 8.95. The zero-order chi connectivity index (χ0) is 21.3. The van der Waals surface area contributed by atoms with Crippen molar-refractivity contribution in [1.29, 1.82) is 0 Å². The molecule has 0 aliphatic carbocycles. The van der Waals surface area contributed by atoms with Crippen molar-refractivity contribution in [1.82, 2.24) is 14.3 Å². The standard InChI is InChI=1S/C18H15Cl2N3O5S/c1-29(27,28)23-9-10(11-4-2-3-5-15(11)23)6-14(18(25)26)22-17(24)16-12(19)7-21-8-13(16)20/h2-5,7-9,14H,6H2,1H3,(H,22,24)(H,25,26). The van der Waals surface area contributed by atoms with Crippen LogP contribution in [0, 0.1) is 0 Å². The number of fused-ring (bicyclic) bond motifs is 1. The number of halogens is 2. The van der Waals surface area contributed by atoms with E-state index in [9.17, 15) is 23.1 Å². The molecule has 1 aromatic carbocycles. The molecule has 3 rings (SSSR count). The van der Waals surface area contributed by atoms with E-state index in [4.69, 9.17) is 23.2 Å². The Morgan fingerprint density at radius 1 is 1.21 bits per heavy atom. The third-order valence-corrected chi connectivity index (χ3v) is 5.82. The summed E-state index contributed by atoms with van der Waals surface area (Å²) in [5.74, 6) is -2.07. The van der Waals surface area contributed by atoms with Crippen molar-refractivity contribution in [3.63, 3.8) is 0 Å². The van der Waals surface area contributed by atoms with Gasteiger partial charge in [0.2, 0.25) is 10.0 Å². The van der Waals surface area contributed by atoms with Crippen LogP contribution in [0.5, 0.6) is 0 Å². The van der Waals surface area contributed by atoms with Crippen LogP contribution in [0.4, 0.5) is 0 Å². The molecule has 11 heteroatoms. The summed E-state index contributed by atoms with van der Waals surface area (Å²) >= 11 is 11.9. The van der Waals surface area contributed by atoms with Gasteiger partial charge in [0.05, 0.1) is 27.4 Å². The Morgan fingerprint density at radius 2 is 1.83 bits per heavy atom. The molecule has 0 aliphatic rings. The molecule has 0 radical (unpaired) electrons. The Hall–Kier alpha value is -2.62. The minimum atomic E-state index is -3.60. The van der Waals surface area contributed by atoms with E-state index < -0.39 is 27.9 Å². The van der Waals surface area contributed by atoms with Gasteiger partial charge in [0.25, 0.3) is 5.91 Å². The molecule has 0 saturated heterocycles. The zero-order valence-electron chi connectivity index (χ0n) is 15.0. The van der Waals surface area contributed by atoms with Crippen molar-refractivity contribution in [3.8, 4) is 0 Å². The van der Waals surface area contributed by atoms with E-state index in [0.29, 0.717) is 16.5 Å². The van der Waals surface area contributed by atoms with E-state index in [1.54, 1.807) is 24.3 Å². The molecular weight excluding hydrogens is 441 g/mol. The number of para-hydroxylation sites is 1. The minimum Gasteiger partial charge on any atom is -0.480 e. The summed E-state index contributed by atoms with van der Waals surface area (Å²) in [4.78, 5) is 28.1. The fraction of sp³-hybridized carbons (Fsp3) is 0.167. The number of amides is 1. The van der Waals surface area contributed by atoms with Gasteiger partial charge in [-0.3, -0.25) is 9.78 Å². The van der Waals surface area contributed by atoms with Crippen molar-refractivity contribution in [3.05, 3.63) is 64.0 Å². The third-order valence-electron chi connectivity index (χ3n) is 4.23. The molecule has 2 heterocycles. The SMILES string of the molecule is CS(=O)(=O)n1cc(CC(NC(=O)c2c(Cl)cncc2Cl)C(=O)O)c2ccccc21. The van der Waals surface area contributed by atoms with Crippen LogP contribution in [0.2, 0.25) is 10.0 Å². The first-order valence-electron chi connectivity index (χ1n) is 8.21. The maximum absolute atomic E-state index is 12.5. The van der Waals surface area contributed by atoms with Gasteiger partial charge >= 0.3 is 5.97 Å². The normalized spacial score (nSPS) is 12.7. The Bertz CT molecular complexity index is 1200. The monoisotopic (exact) mass is 455 g/mol. The fourth-order valence-electron chi connectivity index (χ4n) is 2.93. The highest BCUT2D eigenvalue weighted by Gasteiger charge is 2.26. The van der Waals surface area contributed by atoms with Gasteiger partial charge in [0.15, 0.2) is 0 Å². The quantitative estimate of drug-likeness (QED) is 0.589. The van der Waals surface area contributed by atoms with Crippen LogP contribution in [0.15, 0.2) is 42.9 Å². The Morgan fingerprint density at radius 3 is 2.41 bits per heavy atom. The molecule has 152 valence electrons. The van der Waals surface area contributed by atoms with E-state index >= 15 is 0 Å². The maximum Gasteiger partial charge on any atom is 0.326 e. The average molecular weight is 456 g/mol. The molecule has 0 aliphatic heterocycles. The molecule has 1 unspecified atom stereocenters. The summed E-state index contributed by atoms with van der Waals surface area (Å²) in [5, 5.41) is 12.5. The molecule has 1 atom stereocenters. The molecule has 29 heavy (non-hydrogen) atoms. The number of carbonyl (C=O) groups excluding carboxylic acids is 1. The van der Waals surface area contributed by atoms with Crippen molar-refractivity contribution >= 4 is 56.0 Å². The topological polar surface area (TPSA) is 118 Å². The molecule has 0 spiro atoms. The molecule has 8 nitrogen and oxygen atoms in total. The van der Waals surface area contributed by atoms with Gasteiger partial charge < -0.3 is 10.4 Å². The number of rotatable bonds is 6. The van der Waals surface area contributed by atoms with Gasteiger partial charge in [0, 0.05) is 30.4 Å². The number of aromatic nitrogens is 2. The summed E-state index contributed by atoms with van der Waals surface area (Å²) in [7, 11) is -3.60. The van der Waals surface area contributed by atoms with Gasteiger partial charge in [-0.2, -0.15) is 0 Å². The highest BCUT2D eigenvalue weighted by molar-refractivity contribution is 7.89. The van der Waals surface area contributed by atoms with Crippen molar-refractivity contribution in [2.45, 2.75) is 12.5 Å². The lowest BCUT2D eigenvalue weighted by molar-refractivity contribution is -0.139. The van der Waals surface area contributed by atoms with E-state index in [1.165, 1.54) is 18.6 Å². The number of nitrogens with zero attached hydrogens (tertiary/aromatic N) is 2. The van der Waals surface area contributed by atoms with Crippen molar-refractivity contribution < 1.29 is 23.1 Å². The van der Waals surface area contributed by atoms with E-state index in [0.717, 1.165) is 10.2 Å². The summed E-state index contributed by atoms with van der Waals surface area (Å²) < 4.78 is 25.2. The van der Waals surface area contributed by atoms with Crippen LogP contribution in [0.25, 0.3) is 10.9 Å². The molecule has 0 fully saturated rings. The predicted molar refractivity (Wildman–Crippen MR) is 109 cm³/mol. The highest BCUT2D eigenvalue weighted by Crippen LogP contribution is 2.25. The summed E-state index contributed by atoms with van der Waals surface area (Å²) in [6.45, 7) is 0. The van der Waals surface area contributed by atoms with Gasteiger partial charge in [-0.25, -0.2) is 17.2 Å². The average Bonchev–Trinajstić information content (AvgIpc) is 3.00. The predicted octanol–water partition coefficient (Wildman–Crippen LogP) is 2.58. The fourth-order valence-corrected chi connectivity index (χ4v) is 4.31. The first kappa shape index (κ1) is 21.1. The van der Waals surface area contributed by atoms with Gasteiger partial charge in [-0.05, 0) is 11.6 Å². The summed E-state index contributed by atoms with van der Waals surface area (Å²) in [5.41, 5.74) is 0.777. The third kappa shape index (κ3) is 4.36. The first-order chi connectivity index (χ1) is 13.6. The van der Waals surface area contributed by atoms with Crippen LogP contribution < -0.4 is 5.32 Å². The molecule has 2 aromatic heterocycles. The van der Waals surface area contributed by atoms with Crippen LogP contribution in [-0.4, -0.2) is 46.7 Å². The largest absolute Gasteiger partial charge is 0.480 e. The second-order valence-electron chi connectivity index (χ2n) is 6.28. The first-order valence-corrected chi connectivity index (χ1v) is 10.8. The smallest absolute Gasteiger partial charge is 0.326 e. The van der Waals surface area contributed by atoms with Crippen LogP contribution >= 0.6 is 23.2 Å². The number of carboxylic acids is 1. The second kappa shape index (κ2) is 8.02. The number of nitrogens with one attached hydrogen (secondary N) is 1. The maximum atomic E-state index is 12.5. The van der Waals surface area contributed by atoms with Gasteiger partial charge in [0.1, 0.15) is 6.04 Å². The van der Waals surface area contributed by atoms with E-state index in [-0.39, 0.29) is 22.0 Å². The van der Waals surface area contributed by atoms with Gasteiger partial charge in [-0.15, -0.1) is 0 Å². The number of carbonyl (C=O) groups is 2. The van der Waals surface area contributed by atoms with Crippen LogP contribution in [-0.2, 0) is 21.2 Å². The van der Waals surface area contributed by atoms with Crippen molar-refractivity contribution in [2.75, 3.05) is 6.26 Å². The van der Waals surface area contributed by atoms with E-state index in [2.05, 4.69) is 10.3 Å². The zero-order valence-corrected chi connectivity index (χ0v) is 17.3. The lowest BCUT2D eigenvalue weighted by Gasteiger charge is -2.15. The number of pyridine rings is 1. The molecule has 0 bridgehead atoms. The Balaban J connectivity index is 1.97. The number of benzene rings is 1. The number of hydrogen-bond acceptors (Lipinski definition) is 5. The van der Waals surface area contributed by atoms with E-state index in [1.807, 2.05) is 0 Å². The summed E-state index contributed by atoms with van der Waals surface area (Å²) in [6.07, 6.45) is 4.70. The highest BCUT2D eigenvalue weighted by atomic mass is 35.5. The van der Waals surface area contributed by atoms with Crippen molar-refractivity contribution in [2.24, 2.45) is 0 Å². The minimum absolute atomic E-state index is 0.0205. The molecule has 3 aromatic rings. The molecule has 1 amide bonds. The Labute approximate surface area is 176 Å². The molecular formula is C18H15Cl2N3O5S. The lowest BCUT2D eigenvalue weighted by atomic mass is 10.0. The number of hydrogen-bond donors (Lipinski definition) is 2. The Kier molecular flexibility index (Phi) is 5.83. The van der Waals surface area contributed by atoms with Crippen LogP contribution in [0.1, 0.15) is 15.9 Å². The molecule has 0 saturated carbocycles. The molecule has 2 N–H and O–H groups in total. The summed E-state index contributed by atoms with van der Waals surface area (Å²) in [6, 6.07) is 5.34. The lowest BCUT2D eigenvalue weighted by Crippen LogP contribution is -2.42.